The molecule has 72 valence electrons. The first-order valence-electron chi connectivity index (χ1n) is 4.18. The molecule has 0 radical (unpaired) electrons. The Kier molecular flexibility index (Phi) is 3.01. The zero-order valence-electron chi connectivity index (χ0n) is 7.09. The Morgan fingerprint density at radius 2 is 2.25 bits per heavy atom. The van der Waals surface area contributed by atoms with E-state index in [0.29, 0.717) is 13.0 Å². The van der Waals surface area contributed by atoms with Gasteiger partial charge in [0.2, 0.25) is 0 Å². The second-order valence-electron chi connectivity index (χ2n) is 3.21. The number of halogens is 2. The highest BCUT2D eigenvalue weighted by Crippen LogP contribution is 2.37. The van der Waals surface area contributed by atoms with Crippen LogP contribution in [0.3, 0.4) is 0 Å². The van der Waals surface area contributed by atoms with E-state index in [4.69, 9.17) is 9.84 Å². The van der Waals surface area contributed by atoms with Crippen LogP contribution in [-0.4, -0.2) is 30.3 Å². The molecule has 1 saturated heterocycles. The van der Waals surface area contributed by atoms with Gasteiger partial charge in [-0.15, -0.1) is 0 Å². The molecular weight excluding hydrogens is 166 g/mol. The predicted octanol–water partition coefficient (Wildman–Crippen LogP) is 1.43. The van der Waals surface area contributed by atoms with E-state index in [-0.39, 0.29) is 6.10 Å². The second-order valence-corrected chi connectivity index (χ2v) is 3.21. The normalized spacial score (nSPS) is 31.0. The quantitative estimate of drug-likeness (QED) is 0.712. The van der Waals surface area contributed by atoms with Crippen molar-refractivity contribution >= 4 is 0 Å². The lowest BCUT2D eigenvalue weighted by molar-refractivity contribution is -0.0924. The molecule has 0 spiro atoms. The number of ether oxygens (including phenoxy) is 1. The van der Waals surface area contributed by atoms with Crippen molar-refractivity contribution in [2.45, 2.75) is 31.8 Å². The van der Waals surface area contributed by atoms with Crippen LogP contribution >= 0.6 is 0 Å². The SMILES string of the molecule is CC1OCCC1C(F)(F)CCO. The van der Waals surface area contributed by atoms with E-state index in [2.05, 4.69) is 0 Å². The van der Waals surface area contributed by atoms with E-state index >= 15 is 0 Å². The summed E-state index contributed by atoms with van der Waals surface area (Å²) in [5.41, 5.74) is 0. The molecule has 12 heavy (non-hydrogen) atoms. The van der Waals surface area contributed by atoms with Gasteiger partial charge in [-0.25, -0.2) is 8.78 Å². The summed E-state index contributed by atoms with van der Waals surface area (Å²) in [5, 5.41) is 8.43. The fourth-order valence-electron chi connectivity index (χ4n) is 1.62. The number of hydrogen-bond acceptors (Lipinski definition) is 2. The molecular formula is C8H14F2O2. The molecule has 0 aliphatic carbocycles. The van der Waals surface area contributed by atoms with Crippen LogP contribution in [-0.2, 0) is 4.74 Å². The summed E-state index contributed by atoms with van der Waals surface area (Å²) in [6.07, 6.45) is -0.439. The average molecular weight is 180 g/mol. The van der Waals surface area contributed by atoms with E-state index in [9.17, 15) is 8.78 Å². The van der Waals surface area contributed by atoms with Gasteiger partial charge in [-0.3, -0.25) is 0 Å². The molecule has 4 heteroatoms. The summed E-state index contributed by atoms with van der Waals surface area (Å²) in [6.45, 7) is 1.60. The summed E-state index contributed by atoms with van der Waals surface area (Å²) in [4.78, 5) is 0. The molecule has 0 aromatic rings. The minimum absolute atomic E-state index is 0.383. The monoisotopic (exact) mass is 180 g/mol. The molecule has 2 unspecified atom stereocenters. The van der Waals surface area contributed by atoms with E-state index in [1.54, 1.807) is 6.92 Å². The zero-order chi connectivity index (χ0) is 9.19. The smallest absolute Gasteiger partial charge is 0.255 e. The van der Waals surface area contributed by atoms with E-state index in [0.717, 1.165) is 0 Å². The molecule has 0 bridgehead atoms. The van der Waals surface area contributed by atoms with Gasteiger partial charge in [0.25, 0.3) is 5.92 Å². The summed E-state index contributed by atoms with van der Waals surface area (Å²) < 4.78 is 31.3. The average Bonchev–Trinajstić information content (AvgIpc) is 2.35. The third kappa shape index (κ3) is 1.93. The van der Waals surface area contributed by atoms with Crippen LogP contribution in [0.1, 0.15) is 19.8 Å². The van der Waals surface area contributed by atoms with Gasteiger partial charge in [0.15, 0.2) is 0 Å². The van der Waals surface area contributed by atoms with Crippen molar-refractivity contribution in [1.29, 1.82) is 0 Å². The standard InChI is InChI=1S/C8H14F2O2/c1-6-7(2-5-12-6)8(9,10)3-4-11/h6-7,11H,2-5H2,1H3. The van der Waals surface area contributed by atoms with E-state index in [1.165, 1.54) is 0 Å². The maximum atomic E-state index is 13.1. The van der Waals surface area contributed by atoms with Crippen molar-refractivity contribution in [2.24, 2.45) is 5.92 Å². The van der Waals surface area contributed by atoms with Crippen LogP contribution in [0, 0.1) is 5.92 Å². The topological polar surface area (TPSA) is 29.5 Å². The zero-order valence-corrected chi connectivity index (χ0v) is 7.09. The van der Waals surface area contributed by atoms with Crippen molar-refractivity contribution in [1.82, 2.24) is 0 Å². The predicted molar refractivity (Wildman–Crippen MR) is 40.2 cm³/mol. The molecule has 0 aromatic carbocycles. The largest absolute Gasteiger partial charge is 0.396 e. The minimum atomic E-state index is -2.77. The molecule has 1 rings (SSSR count). The van der Waals surface area contributed by atoms with Crippen LogP contribution < -0.4 is 0 Å². The maximum absolute atomic E-state index is 13.1. The van der Waals surface area contributed by atoms with E-state index in [1.807, 2.05) is 0 Å². The summed E-state index contributed by atoms with van der Waals surface area (Å²) >= 11 is 0. The Balaban J connectivity index is 2.54. The summed E-state index contributed by atoms with van der Waals surface area (Å²) in [6, 6.07) is 0. The summed E-state index contributed by atoms with van der Waals surface area (Å²) in [7, 11) is 0. The lowest BCUT2D eigenvalue weighted by atomic mass is 9.93. The molecule has 1 heterocycles. The Bertz CT molecular complexity index is 150. The molecule has 1 aliphatic rings. The van der Waals surface area contributed by atoms with Crippen molar-refractivity contribution in [3.63, 3.8) is 0 Å². The molecule has 1 N–H and O–H groups in total. The van der Waals surface area contributed by atoms with Gasteiger partial charge < -0.3 is 9.84 Å². The minimum Gasteiger partial charge on any atom is -0.396 e. The molecule has 1 fully saturated rings. The van der Waals surface area contributed by atoms with Gasteiger partial charge in [-0.2, -0.15) is 0 Å². The molecule has 0 amide bonds. The van der Waals surface area contributed by atoms with Crippen LogP contribution in [0.5, 0.6) is 0 Å². The van der Waals surface area contributed by atoms with E-state index < -0.39 is 24.9 Å². The van der Waals surface area contributed by atoms with Crippen molar-refractivity contribution < 1.29 is 18.6 Å². The van der Waals surface area contributed by atoms with Crippen molar-refractivity contribution in [3.8, 4) is 0 Å². The summed E-state index contributed by atoms with van der Waals surface area (Å²) in [5.74, 6) is -3.49. The lowest BCUT2D eigenvalue weighted by Crippen LogP contribution is -2.33. The molecule has 0 aromatic heterocycles. The Morgan fingerprint density at radius 1 is 1.58 bits per heavy atom. The molecule has 0 saturated carbocycles. The highest BCUT2D eigenvalue weighted by molar-refractivity contribution is 4.84. The Labute approximate surface area is 70.5 Å². The third-order valence-electron chi connectivity index (χ3n) is 2.36. The van der Waals surface area contributed by atoms with Gasteiger partial charge in [0.1, 0.15) is 0 Å². The fourth-order valence-corrected chi connectivity index (χ4v) is 1.62. The first kappa shape index (κ1) is 9.86. The van der Waals surface area contributed by atoms with Gasteiger partial charge in [0, 0.05) is 19.6 Å². The first-order chi connectivity index (χ1) is 5.58. The van der Waals surface area contributed by atoms with Crippen LogP contribution in [0.4, 0.5) is 8.78 Å². The van der Waals surface area contributed by atoms with Gasteiger partial charge in [-0.1, -0.05) is 0 Å². The van der Waals surface area contributed by atoms with Crippen LogP contribution in [0.25, 0.3) is 0 Å². The maximum Gasteiger partial charge on any atom is 0.255 e. The first-order valence-corrected chi connectivity index (χ1v) is 4.18. The lowest BCUT2D eigenvalue weighted by Gasteiger charge is -2.24. The number of alkyl halides is 2. The Morgan fingerprint density at radius 3 is 2.67 bits per heavy atom. The van der Waals surface area contributed by atoms with Gasteiger partial charge in [0.05, 0.1) is 12.0 Å². The number of aliphatic hydroxyl groups is 1. The molecule has 2 atom stereocenters. The molecule has 2 nitrogen and oxygen atoms in total. The van der Waals surface area contributed by atoms with Crippen molar-refractivity contribution in [2.75, 3.05) is 13.2 Å². The second kappa shape index (κ2) is 3.66. The van der Waals surface area contributed by atoms with Crippen LogP contribution in [0.15, 0.2) is 0 Å². The fraction of sp³-hybridized carbons (Fsp3) is 1.00. The van der Waals surface area contributed by atoms with Crippen LogP contribution in [0.2, 0.25) is 0 Å². The van der Waals surface area contributed by atoms with Gasteiger partial charge in [-0.05, 0) is 13.3 Å². The third-order valence-corrected chi connectivity index (χ3v) is 2.36. The van der Waals surface area contributed by atoms with Gasteiger partial charge >= 0.3 is 0 Å². The highest BCUT2D eigenvalue weighted by Gasteiger charge is 2.44. The Hall–Kier alpha value is -0.220. The highest BCUT2D eigenvalue weighted by atomic mass is 19.3. The number of rotatable bonds is 3. The van der Waals surface area contributed by atoms with Crippen molar-refractivity contribution in [3.05, 3.63) is 0 Å². The number of hydrogen-bond donors (Lipinski definition) is 1. The molecule has 1 aliphatic heterocycles. The number of aliphatic hydroxyl groups excluding tert-OH is 1.